The molecule has 0 saturated carbocycles. The Labute approximate surface area is 116 Å². The summed E-state index contributed by atoms with van der Waals surface area (Å²) >= 11 is 0. The van der Waals surface area contributed by atoms with E-state index in [1.54, 1.807) is 45.0 Å². The van der Waals surface area contributed by atoms with Gasteiger partial charge >= 0.3 is 5.97 Å². The molecular formula is C14H15NO5. The molecule has 6 nitrogen and oxygen atoms in total. The lowest BCUT2D eigenvalue weighted by Crippen LogP contribution is -2.36. The van der Waals surface area contributed by atoms with Gasteiger partial charge in [-0.3, -0.25) is 19.4 Å². The van der Waals surface area contributed by atoms with Crippen LogP contribution < -0.4 is 0 Å². The molecule has 0 saturated heterocycles. The molecule has 0 atom stereocenters. The van der Waals surface area contributed by atoms with Crippen LogP contribution in [-0.2, 0) is 14.6 Å². The highest BCUT2D eigenvalue weighted by atomic mass is 17.2. The molecule has 20 heavy (non-hydrogen) atoms. The monoisotopic (exact) mass is 277 g/mol. The predicted octanol–water partition coefficient (Wildman–Crippen LogP) is 1.56. The SMILES string of the molecule is CC(C)(C)OOC(=O)CN1C(=O)c2ccccc2C1=O. The van der Waals surface area contributed by atoms with Crippen molar-refractivity contribution in [2.45, 2.75) is 26.4 Å². The summed E-state index contributed by atoms with van der Waals surface area (Å²) in [5, 5.41) is 0. The highest BCUT2D eigenvalue weighted by Crippen LogP contribution is 2.22. The maximum atomic E-state index is 12.0. The largest absolute Gasteiger partial charge is 0.362 e. The minimum Gasteiger partial charge on any atom is -0.296 e. The molecule has 2 amide bonds. The number of imide groups is 1. The van der Waals surface area contributed by atoms with E-state index >= 15 is 0 Å². The van der Waals surface area contributed by atoms with Gasteiger partial charge in [-0.15, -0.1) is 0 Å². The van der Waals surface area contributed by atoms with Crippen LogP contribution in [0.4, 0.5) is 0 Å². The molecule has 0 aromatic heterocycles. The van der Waals surface area contributed by atoms with Crippen molar-refractivity contribution in [1.29, 1.82) is 0 Å². The van der Waals surface area contributed by atoms with Crippen molar-refractivity contribution >= 4 is 17.8 Å². The van der Waals surface area contributed by atoms with Crippen molar-refractivity contribution in [1.82, 2.24) is 4.90 Å². The van der Waals surface area contributed by atoms with Crippen LogP contribution in [-0.4, -0.2) is 34.8 Å². The Hall–Kier alpha value is -2.21. The number of carbonyl (C=O) groups is 3. The summed E-state index contributed by atoms with van der Waals surface area (Å²) in [6.45, 7) is 4.66. The third kappa shape index (κ3) is 2.85. The second kappa shape index (κ2) is 5.05. The number of carbonyl (C=O) groups excluding carboxylic acids is 3. The van der Waals surface area contributed by atoms with Gasteiger partial charge in [-0.05, 0) is 32.9 Å². The van der Waals surface area contributed by atoms with Crippen LogP contribution >= 0.6 is 0 Å². The fourth-order valence-corrected chi connectivity index (χ4v) is 1.71. The summed E-state index contributed by atoms with van der Waals surface area (Å²) in [5.41, 5.74) is -0.0680. The minimum absolute atomic E-state index is 0.294. The summed E-state index contributed by atoms with van der Waals surface area (Å²) in [6.07, 6.45) is 0. The fourth-order valence-electron chi connectivity index (χ4n) is 1.71. The standard InChI is InChI=1S/C14H15NO5/c1-14(2,3)20-19-11(16)8-15-12(17)9-6-4-5-7-10(9)13(15)18/h4-7H,8H2,1-3H3. The molecule has 0 N–H and O–H groups in total. The van der Waals surface area contributed by atoms with Crippen molar-refractivity contribution in [3.05, 3.63) is 35.4 Å². The van der Waals surface area contributed by atoms with E-state index < -0.39 is 29.9 Å². The average molecular weight is 277 g/mol. The predicted molar refractivity (Wildman–Crippen MR) is 68.7 cm³/mol. The lowest BCUT2D eigenvalue weighted by atomic mass is 10.1. The fraction of sp³-hybridized carbons (Fsp3) is 0.357. The molecule has 1 aliphatic rings. The Kier molecular flexibility index (Phi) is 3.59. The van der Waals surface area contributed by atoms with E-state index in [2.05, 4.69) is 4.89 Å². The van der Waals surface area contributed by atoms with Crippen LogP contribution in [0.25, 0.3) is 0 Å². The van der Waals surface area contributed by atoms with Gasteiger partial charge in [0.25, 0.3) is 11.8 Å². The van der Waals surface area contributed by atoms with Gasteiger partial charge in [0, 0.05) is 0 Å². The molecule has 1 aromatic rings. The van der Waals surface area contributed by atoms with Gasteiger partial charge in [-0.2, -0.15) is 4.89 Å². The van der Waals surface area contributed by atoms with Crippen LogP contribution in [0.2, 0.25) is 0 Å². The first-order valence-corrected chi connectivity index (χ1v) is 6.13. The third-order valence-electron chi connectivity index (χ3n) is 2.55. The van der Waals surface area contributed by atoms with Crippen LogP contribution in [0, 0.1) is 0 Å². The molecule has 0 aliphatic carbocycles. The van der Waals surface area contributed by atoms with Crippen molar-refractivity contribution in [2.75, 3.05) is 6.54 Å². The summed E-state index contributed by atoms with van der Waals surface area (Å²) in [4.78, 5) is 45.9. The van der Waals surface area contributed by atoms with Crippen LogP contribution in [0.5, 0.6) is 0 Å². The zero-order valence-electron chi connectivity index (χ0n) is 11.5. The maximum absolute atomic E-state index is 12.0. The number of rotatable bonds is 3. The second-order valence-electron chi connectivity index (χ2n) is 5.39. The van der Waals surface area contributed by atoms with Crippen LogP contribution in [0.1, 0.15) is 41.5 Å². The Morgan fingerprint density at radius 1 is 1.10 bits per heavy atom. The van der Waals surface area contributed by atoms with E-state index in [-0.39, 0.29) is 0 Å². The Balaban J connectivity index is 2.04. The van der Waals surface area contributed by atoms with Crippen LogP contribution in [0.15, 0.2) is 24.3 Å². The van der Waals surface area contributed by atoms with Crippen LogP contribution in [0.3, 0.4) is 0 Å². The molecule has 106 valence electrons. The van der Waals surface area contributed by atoms with Gasteiger partial charge in [0.1, 0.15) is 12.1 Å². The molecule has 0 spiro atoms. The Morgan fingerprint density at radius 2 is 1.60 bits per heavy atom. The third-order valence-corrected chi connectivity index (χ3v) is 2.55. The van der Waals surface area contributed by atoms with E-state index in [0.29, 0.717) is 11.1 Å². The van der Waals surface area contributed by atoms with Gasteiger partial charge in [-0.25, -0.2) is 4.79 Å². The molecule has 2 rings (SSSR count). The number of hydrogen-bond donors (Lipinski definition) is 0. The van der Waals surface area contributed by atoms with Crippen molar-refractivity contribution in [3.63, 3.8) is 0 Å². The number of hydrogen-bond acceptors (Lipinski definition) is 5. The molecule has 6 heteroatoms. The number of amides is 2. The first-order chi connectivity index (χ1) is 9.29. The van der Waals surface area contributed by atoms with Gasteiger partial charge in [0.15, 0.2) is 0 Å². The topological polar surface area (TPSA) is 72.9 Å². The maximum Gasteiger partial charge on any atom is 0.362 e. The molecule has 1 heterocycles. The van der Waals surface area contributed by atoms with E-state index in [0.717, 1.165) is 4.90 Å². The van der Waals surface area contributed by atoms with Gasteiger partial charge in [-0.1, -0.05) is 12.1 Å². The van der Waals surface area contributed by atoms with Crippen molar-refractivity contribution in [2.24, 2.45) is 0 Å². The molecular weight excluding hydrogens is 262 g/mol. The average Bonchev–Trinajstić information content (AvgIpc) is 2.62. The molecule has 1 aromatic carbocycles. The summed E-state index contributed by atoms with van der Waals surface area (Å²) in [7, 11) is 0. The molecule has 0 fully saturated rings. The summed E-state index contributed by atoms with van der Waals surface area (Å²) in [6, 6.07) is 6.42. The number of fused-ring (bicyclic) bond motifs is 1. The summed E-state index contributed by atoms with van der Waals surface area (Å²) < 4.78 is 0. The Morgan fingerprint density at radius 3 is 2.05 bits per heavy atom. The van der Waals surface area contributed by atoms with Crippen molar-refractivity contribution < 1.29 is 24.2 Å². The van der Waals surface area contributed by atoms with Crippen molar-refractivity contribution in [3.8, 4) is 0 Å². The van der Waals surface area contributed by atoms with E-state index in [4.69, 9.17) is 4.89 Å². The minimum atomic E-state index is -0.797. The highest BCUT2D eigenvalue weighted by molar-refractivity contribution is 6.22. The molecule has 1 aliphatic heterocycles. The molecule has 0 radical (unpaired) electrons. The van der Waals surface area contributed by atoms with Gasteiger partial charge in [0.2, 0.25) is 0 Å². The number of nitrogens with zero attached hydrogens (tertiary/aromatic N) is 1. The smallest absolute Gasteiger partial charge is 0.296 e. The van der Waals surface area contributed by atoms with Gasteiger partial charge in [0.05, 0.1) is 11.1 Å². The Bertz CT molecular complexity index is 538. The van der Waals surface area contributed by atoms with E-state index in [9.17, 15) is 14.4 Å². The quantitative estimate of drug-likeness (QED) is 0.476. The molecule has 0 bridgehead atoms. The lowest BCUT2D eigenvalue weighted by Gasteiger charge is -2.18. The summed E-state index contributed by atoms with van der Waals surface area (Å²) in [5.74, 6) is -1.80. The molecule has 0 unspecified atom stereocenters. The first kappa shape index (κ1) is 14.2. The highest BCUT2D eigenvalue weighted by Gasteiger charge is 2.36. The first-order valence-electron chi connectivity index (χ1n) is 6.13. The number of benzene rings is 1. The lowest BCUT2D eigenvalue weighted by molar-refractivity contribution is -0.320. The van der Waals surface area contributed by atoms with Gasteiger partial charge < -0.3 is 0 Å². The van der Waals surface area contributed by atoms with E-state index in [1.807, 2.05) is 0 Å². The second-order valence-corrected chi connectivity index (χ2v) is 5.39. The normalized spacial score (nSPS) is 14.4. The van der Waals surface area contributed by atoms with E-state index in [1.165, 1.54) is 0 Å². The zero-order chi connectivity index (χ0) is 14.9. The zero-order valence-corrected chi connectivity index (χ0v) is 11.5.